The Morgan fingerprint density at radius 1 is 1.23 bits per heavy atom. The largest absolute Gasteiger partial charge is 0.469 e. The van der Waals surface area contributed by atoms with Crippen LogP contribution in [0.2, 0.25) is 5.02 Å². The van der Waals surface area contributed by atoms with Crippen molar-refractivity contribution < 1.29 is 33.8 Å². The van der Waals surface area contributed by atoms with E-state index in [2.05, 4.69) is 19.5 Å². The number of aliphatic hydroxyl groups excluding tert-OH is 2. The van der Waals surface area contributed by atoms with Crippen molar-refractivity contribution in [2.75, 3.05) is 12.3 Å². The number of rotatable bonds is 6. The zero-order chi connectivity index (χ0) is 22.3. The van der Waals surface area contributed by atoms with E-state index in [9.17, 15) is 14.8 Å². The number of ether oxygens (including phenoxy) is 1. The monoisotopic (exact) mass is 489 g/mol. The highest BCUT2D eigenvalue weighted by atomic mass is 35.5. The van der Waals surface area contributed by atoms with Crippen LogP contribution in [0, 0.1) is 0 Å². The predicted octanol–water partition coefficient (Wildman–Crippen LogP) is 0.942. The molecule has 1 aliphatic heterocycles. The number of anilines is 1. The normalized spacial score (nSPS) is 24.2. The van der Waals surface area contributed by atoms with Crippen LogP contribution in [0.3, 0.4) is 0 Å². The predicted molar refractivity (Wildman–Crippen MR) is 109 cm³/mol. The van der Waals surface area contributed by atoms with Crippen molar-refractivity contribution in [2.45, 2.75) is 34.6 Å². The zero-order valence-electron chi connectivity index (χ0n) is 15.5. The van der Waals surface area contributed by atoms with Crippen LogP contribution in [-0.2, 0) is 13.8 Å². The number of aromatic nitrogens is 4. The third-order valence-electron chi connectivity index (χ3n) is 4.49. The fourth-order valence-corrected chi connectivity index (χ4v) is 4.44. The quantitative estimate of drug-likeness (QED) is 0.309. The minimum Gasteiger partial charge on any atom is -0.387 e. The molecule has 12 nitrogen and oxygen atoms in total. The number of imidazole rings is 1. The highest BCUT2D eigenvalue weighted by Crippen LogP contribution is 2.41. The lowest BCUT2D eigenvalue weighted by atomic mass is 10.1. The van der Waals surface area contributed by atoms with Gasteiger partial charge in [-0.1, -0.05) is 23.4 Å². The molecule has 15 heteroatoms. The number of nitrogen functional groups attached to an aromatic ring is 1. The molecular formula is C16H17ClN5O7PS. The molecule has 3 aromatic rings. The molecule has 1 aliphatic rings. The van der Waals surface area contributed by atoms with Gasteiger partial charge in [0.1, 0.15) is 24.6 Å². The van der Waals surface area contributed by atoms with Gasteiger partial charge in [0.2, 0.25) is 0 Å². The summed E-state index contributed by atoms with van der Waals surface area (Å²) < 4.78 is 22.6. The van der Waals surface area contributed by atoms with Gasteiger partial charge in [-0.2, -0.15) is 0 Å². The maximum Gasteiger partial charge on any atom is 0.469 e. The minimum absolute atomic E-state index is 0.108. The molecule has 0 amide bonds. The number of fused-ring (bicyclic) bond motifs is 1. The topological polar surface area (TPSA) is 186 Å². The van der Waals surface area contributed by atoms with Crippen molar-refractivity contribution in [3.8, 4) is 0 Å². The summed E-state index contributed by atoms with van der Waals surface area (Å²) in [6.07, 6.45) is -4.13. The van der Waals surface area contributed by atoms with E-state index in [4.69, 9.17) is 31.9 Å². The van der Waals surface area contributed by atoms with E-state index in [0.717, 1.165) is 4.90 Å². The fraction of sp³-hybridized carbons (Fsp3) is 0.312. The van der Waals surface area contributed by atoms with Crippen molar-refractivity contribution in [1.29, 1.82) is 0 Å². The molecule has 1 unspecified atom stereocenters. The molecule has 0 saturated carbocycles. The molecule has 3 heterocycles. The maximum atomic E-state index is 11.0. The molecule has 0 bridgehead atoms. The number of hydrogen-bond acceptors (Lipinski definition) is 10. The van der Waals surface area contributed by atoms with Crippen molar-refractivity contribution >= 4 is 48.2 Å². The number of aliphatic hydroxyl groups is 2. The lowest BCUT2D eigenvalue weighted by Crippen LogP contribution is -2.33. The SMILES string of the molecule is Nc1ncnc2c1nc(Sc1ccc(Cl)cc1)n2C1O[C@H](COP(=O)(O)O)[C@@H](O)[C@H]1O. The van der Waals surface area contributed by atoms with Crippen LogP contribution in [0.4, 0.5) is 5.82 Å². The first-order valence-electron chi connectivity index (χ1n) is 8.77. The summed E-state index contributed by atoms with van der Waals surface area (Å²) in [5.41, 5.74) is 6.43. The Balaban J connectivity index is 1.72. The molecule has 0 radical (unpaired) electrons. The summed E-state index contributed by atoms with van der Waals surface area (Å²) in [5.74, 6) is 0.108. The Labute approximate surface area is 184 Å². The summed E-state index contributed by atoms with van der Waals surface area (Å²) in [7, 11) is -4.79. The van der Waals surface area contributed by atoms with E-state index in [0.29, 0.717) is 10.2 Å². The first-order valence-corrected chi connectivity index (χ1v) is 11.5. The van der Waals surface area contributed by atoms with E-state index in [1.54, 1.807) is 24.3 Å². The molecule has 0 spiro atoms. The molecule has 4 atom stereocenters. The average molecular weight is 490 g/mol. The van der Waals surface area contributed by atoms with Gasteiger partial charge >= 0.3 is 7.82 Å². The fourth-order valence-electron chi connectivity index (χ4n) is 3.07. The van der Waals surface area contributed by atoms with Gasteiger partial charge in [0, 0.05) is 9.92 Å². The van der Waals surface area contributed by atoms with E-state index in [-0.39, 0.29) is 17.0 Å². The van der Waals surface area contributed by atoms with Gasteiger partial charge in [0.25, 0.3) is 0 Å². The molecule has 1 aromatic carbocycles. The number of phosphoric acid groups is 1. The van der Waals surface area contributed by atoms with Crippen LogP contribution >= 0.6 is 31.2 Å². The molecule has 1 saturated heterocycles. The summed E-state index contributed by atoms with van der Waals surface area (Å²) >= 11 is 7.14. The van der Waals surface area contributed by atoms with Crippen LogP contribution < -0.4 is 5.73 Å². The third kappa shape index (κ3) is 4.70. The number of nitrogens with two attached hydrogens (primary N) is 1. The van der Waals surface area contributed by atoms with E-state index in [1.807, 2.05) is 0 Å². The smallest absolute Gasteiger partial charge is 0.387 e. The first-order chi connectivity index (χ1) is 14.6. The number of nitrogens with zero attached hydrogens (tertiary/aromatic N) is 4. The van der Waals surface area contributed by atoms with Crippen LogP contribution in [-0.4, -0.2) is 64.4 Å². The number of hydrogen-bond donors (Lipinski definition) is 5. The summed E-state index contributed by atoms with van der Waals surface area (Å²) in [5, 5.41) is 21.8. The molecule has 166 valence electrons. The molecule has 6 N–H and O–H groups in total. The molecule has 2 aromatic heterocycles. The van der Waals surface area contributed by atoms with Gasteiger partial charge in [0.15, 0.2) is 28.4 Å². The molecule has 31 heavy (non-hydrogen) atoms. The molecular weight excluding hydrogens is 473 g/mol. The van der Waals surface area contributed by atoms with E-state index < -0.39 is 39.0 Å². The minimum atomic E-state index is -4.79. The van der Waals surface area contributed by atoms with Crippen LogP contribution in [0.15, 0.2) is 40.6 Å². The van der Waals surface area contributed by atoms with E-state index >= 15 is 0 Å². The Morgan fingerprint density at radius 3 is 2.61 bits per heavy atom. The van der Waals surface area contributed by atoms with Gasteiger partial charge in [-0.3, -0.25) is 9.09 Å². The zero-order valence-corrected chi connectivity index (χ0v) is 18.0. The van der Waals surface area contributed by atoms with Gasteiger partial charge in [-0.15, -0.1) is 0 Å². The average Bonchev–Trinajstić information content (AvgIpc) is 3.20. The van der Waals surface area contributed by atoms with Gasteiger partial charge in [-0.25, -0.2) is 19.5 Å². The molecule has 4 rings (SSSR count). The van der Waals surface area contributed by atoms with Crippen molar-refractivity contribution in [2.24, 2.45) is 0 Å². The van der Waals surface area contributed by atoms with Crippen LogP contribution in [0.5, 0.6) is 0 Å². The lowest BCUT2D eigenvalue weighted by molar-refractivity contribution is -0.0541. The number of halogens is 1. The van der Waals surface area contributed by atoms with Gasteiger partial charge in [-0.05, 0) is 24.3 Å². The van der Waals surface area contributed by atoms with Crippen molar-refractivity contribution in [3.63, 3.8) is 0 Å². The second-order valence-electron chi connectivity index (χ2n) is 6.58. The van der Waals surface area contributed by atoms with Crippen LogP contribution in [0.1, 0.15) is 6.23 Å². The van der Waals surface area contributed by atoms with Gasteiger partial charge in [0.05, 0.1) is 6.61 Å². The third-order valence-corrected chi connectivity index (χ3v) is 6.21. The summed E-state index contributed by atoms with van der Waals surface area (Å²) in [6, 6.07) is 6.93. The Bertz CT molecular complexity index is 1140. The first kappa shape index (κ1) is 22.4. The summed E-state index contributed by atoms with van der Waals surface area (Å²) in [4.78, 5) is 31.1. The number of phosphoric ester groups is 1. The highest BCUT2D eigenvalue weighted by Gasteiger charge is 2.46. The van der Waals surface area contributed by atoms with E-state index in [1.165, 1.54) is 22.7 Å². The van der Waals surface area contributed by atoms with Crippen LogP contribution in [0.25, 0.3) is 11.2 Å². The second kappa shape index (κ2) is 8.62. The molecule has 0 aliphatic carbocycles. The van der Waals surface area contributed by atoms with Crippen molar-refractivity contribution in [1.82, 2.24) is 19.5 Å². The maximum absolute atomic E-state index is 11.0. The standard InChI is InChI=1S/C16H17ClN5O7PS/c17-7-1-3-8(4-2-7)31-16-21-10-13(18)19-6-20-14(10)22(16)15-12(24)11(23)9(29-15)5-28-30(25,26)27/h1-4,6,9,11-12,15,23-24H,5H2,(H2,18,19,20)(H2,25,26,27)/t9-,11-,12-,15?/m1/s1. The lowest BCUT2D eigenvalue weighted by Gasteiger charge is -2.19. The highest BCUT2D eigenvalue weighted by molar-refractivity contribution is 7.99. The van der Waals surface area contributed by atoms with Gasteiger partial charge < -0.3 is 30.5 Å². The Hall–Kier alpha value is -1.80. The molecule has 1 fully saturated rings. The second-order valence-corrected chi connectivity index (χ2v) is 9.30. The summed E-state index contributed by atoms with van der Waals surface area (Å²) in [6.45, 7) is -0.636. The number of benzene rings is 1. The van der Waals surface area contributed by atoms with Crippen molar-refractivity contribution in [3.05, 3.63) is 35.6 Å². The Kier molecular flexibility index (Phi) is 6.23. The Morgan fingerprint density at radius 2 is 1.94 bits per heavy atom.